The molecule has 1 amide bonds. The number of esters is 2. The molecule has 3 rings (SSSR count). The van der Waals surface area contributed by atoms with Crippen molar-refractivity contribution in [3.63, 3.8) is 0 Å². The maximum Gasteiger partial charge on any atom is 0.352 e. The van der Waals surface area contributed by atoms with Crippen molar-refractivity contribution in [2.24, 2.45) is 11.8 Å². The molecule has 0 bridgehead atoms. The summed E-state index contributed by atoms with van der Waals surface area (Å²) in [5.41, 5.74) is 5.05. The van der Waals surface area contributed by atoms with Crippen molar-refractivity contribution in [3.8, 4) is 0 Å². The Labute approximate surface area is 280 Å². The summed E-state index contributed by atoms with van der Waals surface area (Å²) in [6.07, 6.45) is 0.285. The van der Waals surface area contributed by atoms with Crippen LogP contribution in [0.25, 0.3) is 0 Å². The van der Waals surface area contributed by atoms with Gasteiger partial charge in [-0.25, -0.2) is 9.59 Å². The SMILES string of the molecule is CC(C)CC(=O)CC(=O)Nc1cc([N+](=O)[O-])ccc1Cl.CC(C)CC(O)=C1C(=O)OC(C)(C)OC1=O.Nc1cc([N+](=O)[O-])ccc1Cl. The number of hydrogen-bond donors (Lipinski definition) is 3. The number of amides is 1. The normalized spacial score (nSPS) is 13.3. The van der Waals surface area contributed by atoms with Gasteiger partial charge in [-0.1, -0.05) is 50.9 Å². The van der Waals surface area contributed by atoms with Gasteiger partial charge in [0.05, 0.1) is 37.7 Å². The number of aliphatic hydroxyl groups is 1. The predicted octanol–water partition coefficient (Wildman–Crippen LogP) is 6.70. The molecule has 2 aromatic rings. The number of Topliss-reactive ketones (excluding diaryl/α,β-unsaturated/α-hetero) is 1. The molecule has 1 saturated heterocycles. The van der Waals surface area contributed by atoms with E-state index in [-0.39, 0.29) is 64.0 Å². The highest BCUT2D eigenvalue weighted by Gasteiger charge is 2.41. The van der Waals surface area contributed by atoms with E-state index in [0.717, 1.165) is 6.07 Å². The van der Waals surface area contributed by atoms with Gasteiger partial charge in [-0.2, -0.15) is 0 Å². The molecule has 0 radical (unpaired) electrons. The lowest BCUT2D eigenvalue weighted by Crippen LogP contribution is -2.42. The van der Waals surface area contributed by atoms with E-state index in [1.54, 1.807) is 0 Å². The Balaban J connectivity index is 0.000000367. The van der Waals surface area contributed by atoms with Gasteiger partial charge in [-0.3, -0.25) is 29.8 Å². The summed E-state index contributed by atoms with van der Waals surface area (Å²) < 4.78 is 9.72. The molecule has 1 aliphatic heterocycles. The van der Waals surface area contributed by atoms with Crippen molar-refractivity contribution in [3.05, 3.63) is 78.0 Å². The third kappa shape index (κ3) is 14.0. The number of ether oxygens (including phenoxy) is 2. The van der Waals surface area contributed by atoms with Gasteiger partial charge in [0.1, 0.15) is 11.5 Å². The van der Waals surface area contributed by atoms with Crippen molar-refractivity contribution in [1.82, 2.24) is 0 Å². The summed E-state index contributed by atoms with van der Waals surface area (Å²) in [6.45, 7) is 10.4. The number of carbonyl (C=O) groups is 4. The molecule has 1 fully saturated rings. The fourth-order valence-corrected chi connectivity index (χ4v) is 3.93. The predicted molar refractivity (Wildman–Crippen MR) is 174 cm³/mol. The smallest absolute Gasteiger partial charge is 0.352 e. The van der Waals surface area contributed by atoms with Crippen LogP contribution in [0.5, 0.6) is 0 Å². The van der Waals surface area contributed by atoms with E-state index in [2.05, 4.69) is 5.32 Å². The van der Waals surface area contributed by atoms with Crippen molar-refractivity contribution < 1.29 is 43.6 Å². The number of non-ortho nitro benzene ring substituents is 2. The summed E-state index contributed by atoms with van der Waals surface area (Å²) in [5.74, 6) is -3.62. The minimum absolute atomic E-state index is 0.0492. The average molecular weight is 700 g/mol. The Morgan fingerprint density at radius 2 is 1.36 bits per heavy atom. The van der Waals surface area contributed by atoms with Crippen molar-refractivity contribution in [2.75, 3.05) is 11.1 Å². The number of nitrogens with two attached hydrogens (primary N) is 1. The number of anilines is 2. The van der Waals surface area contributed by atoms with E-state index < -0.39 is 39.1 Å². The number of cyclic esters (lactones) is 2. The fourth-order valence-electron chi connectivity index (χ4n) is 3.65. The van der Waals surface area contributed by atoms with Crippen LogP contribution in [0.2, 0.25) is 10.0 Å². The van der Waals surface area contributed by atoms with E-state index in [1.807, 2.05) is 27.7 Å². The Kier molecular flexibility index (Phi) is 15.3. The number of hydrogen-bond acceptors (Lipinski definition) is 12. The Bertz CT molecular complexity index is 1530. The molecule has 0 aliphatic carbocycles. The Morgan fingerprint density at radius 1 is 0.894 bits per heavy atom. The molecule has 0 atom stereocenters. The van der Waals surface area contributed by atoms with Crippen LogP contribution < -0.4 is 11.1 Å². The summed E-state index contributed by atoms with van der Waals surface area (Å²) >= 11 is 11.4. The largest absolute Gasteiger partial charge is 0.511 e. The van der Waals surface area contributed by atoms with Crippen molar-refractivity contribution >= 4 is 69.6 Å². The molecule has 256 valence electrons. The number of carbonyl (C=O) groups excluding carboxylic acids is 4. The Morgan fingerprint density at radius 3 is 1.81 bits per heavy atom. The van der Waals surface area contributed by atoms with Crippen LogP contribution in [0.15, 0.2) is 47.7 Å². The number of allylic oxidation sites excluding steroid dienone is 1. The molecule has 0 saturated carbocycles. The van der Waals surface area contributed by atoms with Crippen molar-refractivity contribution in [2.45, 2.75) is 66.6 Å². The molecule has 0 spiro atoms. The highest BCUT2D eigenvalue weighted by molar-refractivity contribution is 6.34. The lowest BCUT2D eigenvalue weighted by molar-refractivity contribution is -0.385. The van der Waals surface area contributed by atoms with E-state index in [0.29, 0.717) is 11.4 Å². The first kappa shape index (κ1) is 40.3. The topological polar surface area (TPSA) is 231 Å². The third-order valence-electron chi connectivity index (χ3n) is 5.59. The second-order valence-corrected chi connectivity index (χ2v) is 12.2. The maximum absolute atomic E-state index is 11.7. The number of ketones is 1. The molecular weight excluding hydrogens is 663 g/mol. The Hall–Kier alpha value is -4.76. The lowest BCUT2D eigenvalue weighted by atomic mass is 10.0. The molecule has 0 aromatic heterocycles. The van der Waals surface area contributed by atoms with Gasteiger partial charge in [-0.05, 0) is 24.0 Å². The number of benzene rings is 2. The number of nitro benzene ring substituents is 2. The maximum atomic E-state index is 11.7. The van der Waals surface area contributed by atoms with Gasteiger partial charge >= 0.3 is 11.9 Å². The van der Waals surface area contributed by atoms with E-state index in [9.17, 15) is 44.5 Å². The highest BCUT2D eigenvalue weighted by Crippen LogP contribution is 2.28. The molecule has 47 heavy (non-hydrogen) atoms. The number of nitro groups is 2. The third-order valence-corrected chi connectivity index (χ3v) is 6.27. The molecular formula is C30H36Cl2N4O11. The van der Waals surface area contributed by atoms with Crippen molar-refractivity contribution in [1.29, 1.82) is 0 Å². The van der Waals surface area contributed by atoms with Crippen LogP contribution in [0, 0.1) is 32.1 Å². The van der Waals surface area contributed by atoms with Crippen LogP contribution in [-0.2, 0) is 28.7 Å². The zero-order valence-corrected chi connectivity index (χ0v) is 28.0. The zero-order valence-electron chi connectivity index (χ0n) is 26.5. The number of nitrogens with one attached hydrogen (secondary N) is 1. The molecule has 15 nitrogen and oxygen atoms in total. The second kappa shape index (κ2) is 17.8. The number of halogens is 2. The summed E-state index contributed by atoms with van der Waals surface area (Å²) in [5, 5.41) is 33.4. The molecule has 4 N–H and O–H groups in total. The first-order valence-electron chi connectivity index (χ1n) is 14.0. The minimum Gasteiger partial charge on any atom is -0.511 e. The second-order valence-electron chi connectivity index (χ2n) is 11.3. The van der Waals surface area contributed by atoms with Crippen LogP contribution in [0.1, 0.15) is 60.8 Å². The van der Waals surface area contributed by atoms with Gasteiger partial charge in [0, 0.05) is 51.0 Å². The van der Waals surface area contributed by atoms with Gasteiger partial charge in [-0.15, -0.1) is 0 Å². The molecule has 0 unspecified atom stereocenters. The standard InChI is InChI=1S/C13H15ClN2O4.C11H16O5.C6H5ClN2O2/c1-8(2)5-10(17)7-13(18)15-12-6-9(16(19)20)3-4-11(12)14;1-6(2)5-7(12)8-9(13)15-11(3,4)16-10(8)14;7-5-2-1-4(9(10)11)3-6(5)8/h3-4,6,8H,5,7H2,1-2H3,(H,15,18);6,12H,5H2,1-4H3;1-3H,8H2. The summed E-state index contributed by atoms with van der Waals surface area (Å²) in [6, 6.07) is 7.65. The molecule has 1 aliphatic rings. The minimum atomic E-state index is -1.27. The summed E-state index contributed by atoms with van der Waals surface area (Å²) in [7, 11) is 0. The van der Waals surface area contributed by atoms with E-state index in [4.69, 9.17) is 38.4 Å². The summed E-state index contributed by atoms with van der Waals surface area (Å²) in [4.78, 5) is 65.9. The number of aliphatic hydroxyl groups excluding tert-OH is 1. The molecule has 1 heterocycles. The number of nitrogens with zero attached hydrogens (tertiary/aromatic N) is 2. The monoisotopic (exact) mass is 698 g/mol. The van der Waals surface area contributed by atoms with Gasteiger partial charge in [0.15, 0.2) is 5.57 Å². The first-order valence-corrected chi connectivity index (χ1v) is 14.7. The fraction of sp³-hybridized carbons (Fsp3) is 0.400. The highest BCUT2D eigenvalue weighted by atomic mass is 35.5. The van der Waals surface area contributed by atoms with Gasteiger partial charge in [0.2, 0.25) is 5.91 Å². The van der Waals surface area contributed by atoms with E-state index in [1.165, 1.54) is 44.2 Å². The van der Waals surface area contributed by atoms with Gasteiger partial charge in [0.25, 0.3) is 17.2 Å². The van der Waals surface area contributed by atoms with Crippen LogP contribution >= 0.6 is 23.2 Å². The van der Waals surface area contributed by atoms with Crippen LogP contribution in [0.4, 0.5) is 22.7 Å². The number of rotatable bonds is 9. The van der Waals surface area contributed by atoms with Crippen LogP contribution in [-0.4, -0.2) is 44.4 Å². The molecule has 17 heteroatoms. The van der Waals surface area contributed by atoms with E-state index >= 15 is 0 Å². The van der Waals surface area contributed by atoms with Crippen LogP contribution in [0.3, 0.4) is 0 Å². The lowest BCUT2D eigenvalue weighted by Gasteiger charge is -2.30. The first-order chi connectivity index (χ1) is 21.6. The zero-order chi connectivity index (χ0) is 36.2. The van der Waals surface area contributed by atoms with Gasteiger partial charge < -0.3 is 25.6 Å². The quantitative estimate of drug-likeness (QED) is 0.0363. The average Bonchev–Trinajstić information content (AvgIpc) is 2.89. The molecule has 2 aromatic carbocycles. The number of nitrogen functional groups attached to an aromatic ring is 1.